The van der Waals surface area contributed by atoms with Gasteiger partial charge in [0.05, 0.1) is 0 Å². The van der Waals surface area contributed by atoms with Crippen molar-refractivity contribution < 1.29 is 1.43 Å². The first-order chi connectivity index (χ1) is 3.43. The second-order valence-corrected chi connectivity index (χ2v) is 2.27. The Morgan fingerprint density at radius 1 is 1.86 bits per heavy atom. The van der Waals surface area contributed by atoms with Crippen LogP contribution in [-0.2, 0) is 0 Å². The third-order valence-electron chi connectivity index (χ3n) is 1.74. The molecule has 44 valence electrons. The minimum Gasteiger partial charge on any atom is -0.316 e. The lowest BCUT2D eigenvalue weighted by Gasteiger charge is -1.98. The molecule has 0 radical (unpaired) electrons. The maximum atomic E-state index is 3.32. The molecule has 7 heavy (non-hydrogen) atoms. The van der Waals surface area contributed by atoms with E-state index in [1.54, 1.807) is 0 Å². The zero-order valence-electron chi connectivity index (χ0n) is 4.91. The number of rotatable bonds is 1. The molecule has 0 amide bonds. The van der Waals surface area contributed by atoms with Crippen LogP contribution in [0.5, 0.6) is 0 Å². The van der Waals surface area contributed by atoms with E-state index < -0.39 is 0 Å². The molecular formula is C6H15N. The molecule has 1 rings (SSSR count). The zero-order valence-corrected chi connectivity index (χ0v) is 4.91. The molecule has 0 aliphatic carbocycles. The van der Waals surface area contributed by atoms with Gasteiger partial charge in [0.25, 0.3) is 0 Å². The molecule has 1 nitrogen and oxygen atoms in total. The molecule has 0 spiro atoms. The summed E-state index contributed by atoms with van der Waals surface area (Å²) < 4.78 is 0. The summed E-state index contributed by atoms with van der Waals surface area (Å²) in [6.07, 6.45) is 2.75. The largest absolute Gasteiger partial charge is 0.316 e. The molecule has 1 heteroatoms. The lowest BCUT2D eigenvalue weighted by atomic mass is 10.1. The van der Waals surface area contributed by atoms with Gasteiger partial charge in [-0.05, 0) is 25.4 Å². The molecule has 1 unspecified atom stereocenters. The van der Waals surface area contributed by atoms with Crippen LogP contribution in [0.2, 0.25) is 0 Å². The van der Waals surface area contributed by atoms with Gasteiger partial charge in [-0.2, -0.15) is 0 Å². The van der Waals surface area contributed by atoms with E-state index in [9.17, 15) is 0 Å². The highest BCUT2D eigenvalue weighted by Gasteiger charge is 2.10. The summed E-state index contributed by atoms with van der Waals surface area (Å²) in [6.45, 7) is 4.77. The topological polar surface area (TPSA) is 12.0 Å². The van der Waals surface area contributed by atoms with Gasteiger partial charge in [0.15, 0.2) is 0 Å². The van der Waals surface area contributed by atoms with Crippen LogP contribution in [0.3, 0.4) is 0 Å². The van der Waals surface area contributed by atoms with Crippen LogP contribution >= 0.6 is 0 Å². The molecule has 0 saturated carbocycles. The van der Waals surface area contributed by atoms with E-state index in [4.69, 9.17) is 0 Å². The molecule has 1 atom stereocenters. The van der Waals surface area contributed by atoms with Crippen molar-refractivity contribution in [2.24, 2.45) is 5.92 Å². The van der Waals surface area contributed by atoms with E-state index in [1.807, 2.05) is 0 Å². The summed E-state index contributed by atoms with van der Waals surface area (Å²) in [6, 6.07) is 0. The van der Waals surface area contributed by atoms with E-state index in [1.165, 1.54) is 25.9 Å². The Morgan fingerprint density at radius 3 is 3.00 bits per heavy atom. The molecular weight excluding hydrogens is 86.1 g/mol. The first kappa shape index (κ1) is 5.10. The van der Waals surface area contributed by atoms with Crippen molar-refractivity contribution in [1.82, 2.24) is 5.32 Å². The highest BCUT2D eigenvalue weighted by molar-refractivity contribution is 4.68. The van der Waals surface area contributed by atoms with Gasteiger partial charge < -0.3 is 5.32 Å². The van der Waals surface area contributed by atoms with Crippen LogP contribution in [-0.4, -0.2) is 13.1 Å². The molecule has 1 aliphatic rings. The number of nitrogens with one attached hydrogen (secondary N) is 1. The lowest BCUT2D eigenvalue weighted by Crippen LogP contribution is -2.07. The monoisotopic (exact) mass is 101 g/mol. The van der Waals surface area contributed by atoms with Gasteiger partial charge in [0.2, 0.25) is 0 Å². The van der Waals surface area contributed by atoms with Gasteiger partial charge in [-0.25, -0.2) is 0 Å². The molecule has 1 aliphatic heterocycles. The van der Waals surface area contributed by atoms with Gasteiger partial charge in [0, 0.05) is 1.43 Å². The molecule has 1 N–H and O–H groups in total. The van der Waals surface area contributed by atoms with E-state index in [2.05, 4.69) is 12.2 Å². The predicted octanol–water partition coefficient (Wildman–Crippen LogP) is 1.25. The number of hydrogen-bond acceptors (Lipinski definition) is 1. The van der Waals surface area contributed by atoms with Crippen LogP contribution < -0.4 is 5.32 Å². The predicted molar refractivity (Wildman–Crippen MR) is 33.4 cm³/mol. The molecule has 1 saturated heterocycles. The number of hydrogen-bond donors (Lipinski definition) is 1. The minimum atomic E-state index is 0. The van der Waals surface area contributed by atoms with Crippen LogP contribution in [0.25, 0.3) is 0 Å². The standard InChI is InChI=1S/C6H13N.H2/c1-2-6-3-4-7-5-6;/h6-7H,2-5H2,1H3;1H. The average molecular weight is 101 g/mol. The van der Waals surface area contributed by atoms with Crippen LogP contribution in [0.1, 0.15) is 21.2 Å². The summed E-state index contributed by atoms with van der Waals surface area (Å²) in [5, 5.41) is 3.32. The van der Waals surface area contributed by atoms with Gasteiger partial charge in [-0.15, -0.1) is 0 Å². The lowest BCUT2D eigenvalue weighted by molar-refractivity contribution is 0.563. The third-order valence-corrected chi connectivity index (χ3v) is 1.74. The maximum absolute atomic E-state index is 3.32. The summed E-state index contributed by atoms with van der Waals surface area (Å²) in [7, 11) is 0. The first-order valence-corrected chi connectivity index (χ1v) is 3.14. The fourth-order valence-electron chi connectivity index (χ4n) is 1.06. The first-order valence-electron chi connectivity index (χ1n) is 3.14. The quantitative estimate of drug-likeness (QED) is 0.524. The fraction of sp³-hybridized carbons (Fsp3) is 1.00. The van der Waals surface area contributed by atoms with Crippen molar-refractivity contribution in [3.63, 3.8) is 0 Å². The van der Waals surface area contributed by atoms with Gasteiger partial charge in [-0.1, -0.05) is 13.3 Å². The summed E-state index contributed by atoms with van der Waals surface area (Å²) >= 11 is 0. The highest BCUT2D eigenvalue weighted by Crippen LogP contribution is 2.09. The second-order valence-electron chi connectivity index (χ2n) is 2.27. The Bertz CT molecular complexity index is 50.5. The molecule has 0 aromatic heterocycles. The molecule has 1 heterocycles. The molecule has 0 bridgehead atoms. The average Bonchev–Trinajstić information content (AvgIpc) is 2.14. The Labute approximate surface area is 46.6 Å². The Morgan fingerprint density at radius 2 is 2.71 bits per heavy atom. The summed E-state index contributed by atoms with van der Waals surface area (Å²) in [5.41, 5.74) is 0. The summed E-state index contributed by atoms with van der Waals surface area (Å²) in [5.74, 6) is 0.986. The zero-order chi connectivity index (χ0) is 5.11. The van der Waals surface area contributed by atoms with Gasteiger partial charge >= 0.3 is 0 Å². The van der Waals surface area contributed by atoms with Crippen molar-refractivity contribution in [2.45, 2.75) is 19.8 Å². The smallest absolute Gasteiger partial charge is 0 e. The highest BCUT2D eigenvalue weighted by atomic mass is 14.9. The van der Waals surface area contributed by atoms with E-state index in [-0.39, 0.29) is 1.43 Å². The van der Waals surface area contributed by atoms with E-state index >= 15 is 0 Å². The van der Waals surface area contributed by atoms with Crippen LogP contribution in [0.4, 0.5) is 0 Å². The second kappa shape index (κ2) is 2.31. The third kappa shape index (κ3) is 1.16. The van der Waals surface area contributed by atoms with Crippen molar-refractivity contribution in [1.29, 1.82) is 0 Å². The van der Waals surface area contributed by atoms with Crippen LogP contribution in [0.15, 0.2) is 0 Å². The fourth-order valence-corrected chi connectivity index (χ4v) is 1.06. The Balaban J connectivity index is 0.000000490. The van der Waals surface area contributed by atoms with E-state index in [0.717, 1.165) is 5.92 Å². The molecule has 0 aromatic carbocycles. The van der Waals surface area contributed by atoms with E-state index in [0.29, 0.717) is 0 Å². The van der Waals surface area contributed by atoms with Crippen LogP contribution in [0, 0.1) is 5.92 Å². The van der Waals surface area contributed by atoms with Crippen molar-refractivity contribution in [3.05, 3.63) is 0 Å². The van der Waals surface area contributed by atoms with Crippen molar-refractivity contribution in [2.75, 3.05) is 13.1 Å². The van der Waals surface area contributed by atoms with Gasteiger partial charge in [-0.3, -0.25) is 0 Å². The molecule has 0 aromatic rings. The molecule has 1 fully saturated rings. The Kier molecular flexibility index (Phi) is 1.69. The summed E-state index contributed by atoms with van der Waals surface area (Å²) in [4.78, 5) is 0. The Hall–Kier alpha value is -0.0400. The normalized spacial score (nSPS) is 31.3. The van der Waals surface area contributed by atoms with Crippen molar-refractivity contribution >= 4 is 0 Å². The maximum Gasteiger partial charge on any atom is 0 e. The minimum absolute atomic E-state index is 0. The SMILES string of the molecule is CCC1CCNC1.[HH]. The van der Waals surface area contributed by atoms with Crippen molar-refractivity contribution in [3.8, 4) is 0 Å². The van der Waals surface area contributed by atoms with Gasteiger partial charge in [0.1, 0.15) is 0 Å².